The number of carbonyl (C=O) groups is 3. The Bertz CT molecular complexity index is 603. The third-order valence-corrected chi connectivity index (χ3v) is 4.42. The summed E-state index contributed by atoms with van der Waals surface area (Å²) in [6.07, 6.45) is 1.21. The Kier molecular flexibility index (Phi) is 5.76. The first-order valence-corrected chi connectivity index (χ1v) is 8.22. The number of carboxylic acids is 1. The molecule has 0 aliphatic carbocycles. The van der Waals surface area contributed by atoms with Crippen LogP contribution in [0, 0.1) is 0 Å². The van der Waals surface area contributed by atoms with Crippen molar-refractivity contribution in [1.82, 2.24) is 10.2 Å². The van der Waals surface area contributed by atoms with Gasteiger partial charge in [-0.05, 0) is 30.5 Å². The quantitative estimate of drug-likeness (QED) is 0.815. The molecule has 0 aromatic heterocycles. The highest BCUT2D eigenvalue weighted by molar-refractivity contribution is 9.10. The summed E-state index contributed by atoms with van der Waals surface area (Å²) >= 11 is 3.35. The van der Waals surface area contributed by atoms with E-state index in [1.165, 1.54) is 11.8 Å². The first kappa shape index (κ1) is 17.5. The van der Waals surface area contributed by atoms with Crippen molar-refractivity contribution in [2.75, 3.05) is 6.54 Å². The minimum absolute atomic E-state index is 0.0466. The Hall–Kier alpha value is -1.89. The van der Waals surface area contributed by atoms with Crippen LogP contribution in [0.2, 0.25) is 0 Å². The number of carbonyl (C=O) groups excluding carboxylic acids is 2. The molecular weight excluding hydrogens is 364 g/mol. The van der Waals surface area contributed by atoms with E-state index < -0.39 is 18.1 Å². The van der Waals surface area contributed by atoms with Crippen LogP contribution in [0.4, 0.5) is 0 Å². The Balaban J connectivity index is 2.14. The van der Waals surface area contributed by atoms with E-state index in [0.29, 0.717) is 19.4 Å². The molecule has 0 spiro atoms. The Morgan fingerprint density at radius 2 is 2.00 bits per heavy atom. The third-order valence-electron chi connectivity index (χ3n) is 3.89. The number of halogens is 1. The second-order valence-corrected chi connectivity index (χ2v) is 6.51. The molecule has 0 unspecified atom stereocenters. The van der Waals surface area contributed by atoms with E-state index in [1.807, 2.05) is 24.3 Å². The largest absolute Gasteiger partial charge is 0.480 e. The van der Waals surface area contributed by atoms with Gasteiger partial charge in [-0.2, -0.15) is 0 Å². The van der Waals surface area contributed by atoms with Crippen LogP contribution >= 0.6 is 15.9 Å². The van der Waals surface area contributed by atoms with Crippen molar-refractivity contribution >= 4 is 33.7 Å². The number of nitrogens with one attached hydrogen (secondary N) is 1. The smallest absolute Gasteiger partial charge is 0.326 e. The molecule has 124 valence electrons. The van der Waals surface area contributed by atoms with Gasteiger partial charge < -0.3 is 15.3 Å². The summed E-state index contributed by atoms with van der Waals surface area (Å²) in [6, 6.07) is 6.11. The van der Waals surface area contributed by atoms with E-state index in [2.05, 4.69) is 21.2 Å². The zero-order valence-corrected chi connectivity index (χ0v) is 14.4. The number of nitrogens with zero attached hydrogens (tertiary/aromatic N) is 1. The molecular formula is C16H19BrN2O4. The molecule has 1 aromatic carbocycles. The molecule has 1 aromatic rings. The molecule has 2 amide bonds. The number of hydrogen-bond acceptors (Lipinski definition) is 3. The molecule has 2 rings (SSSR count). The van der Waals surface area contributed by atoms with Gasteiger partial charge in [0.15, 0.2) is 0 Å². The van der Waals surface area contributed by atoms with Gasteiger partial charge >= 0.3 is 5.97 Å². The van der Waals surface area contributed by atoms with E-state index in [9.17, 15) is 19.5 Å². The fourth-order valence-corrected chi connectivity index (χ4v) is 3.07. The van der Waals surface area contributed by atoms with Crippen molar-refractivity contribution in [2.24, 2.45) is 0 Å². The van der Waals surface area contributed by atoms with Crippen molar-refractivity contribution < 1.29 is 19.5 Å². The van der Waals surface area contributed by atoms with Gasteiger partial charge in [0.25, 0.3) is 0 Å². The summed E-state index contributed by atoms with van der Waals surface area (Å²) in [4.78, 5) is 36.5. The lowest BCUT2D eigenvalue weighted by Crippen LogP contribution is -2.42. The van der Waals surface area contributed by atoms with Crippen molar-refractivity contribution in [3.05, 3.63) is 34.3 Å². The molecule has 1 fully saturated rings. The second kappa shape index (κ2) is 7.59. The maximum absolute atomic E-state index is 12.5. The van der Waals surface area contributed by atoms with E-state index >= 15 is 0 Å². The number of aliphatic carboxylic acids is 1. The molecule has 1 aliphatic heterocycles. The maximum atomic E-state index is 12.5. The first-order valence-electron chi connectivity index (χ1n) is 7.43. The van der Waals surface area contributed by atoms with Gasteiger partial charge in [0.05, 0.1) is 12.5 Å². The van der Waals surface area contributed by atoms with Gasteiger partial charge in [0.1, 0.15) is 6.04 Å². The van der Waals surface area contributed by atoms with E-state index in [1.54, 1.807) is 0 Å². The SMILES string of the molecule is CC(=O)N[C@H](CC(=O)N1CCC[C@@H]1C(=O)O)c1ccc(Br)cc1. The summed E-state index contributed by atoms with van der Waals surface area (Å²) in [6.45, 7) is 1.84. The number of likely N-dealkylation sites (tertiary alicyclic amines) is 1. The van der Waals surface area contributed by atoms with Crippen LogP contribution in [0.25, 0.3) is 0 Å². The van der Waals surface area contributed by atoms with Crippen LogP contribution in [0.15, 0.2) is 28.7 Å². The molecule has 1 saturated heterocycles. The normalized spacial score (nSPS) is 18.5. The Morgan fingerprint density at radius 1 is 1.35 bits per heavy atom. The fraction of sp³-hybridized carbons (Fsp3) is 0.438. The molecule has 2 N–H and O–H groups in total. The predicted octanol–water partition coefficient (Wildman–Crippen LogP) is 2.09. The van der Waals surface area contributed by atoms with Gasteiger partial charge in [0, 0.05) is 17.9 Å². The third kappa shape index (κ3) is 4.54. The Labute approximate surface area is 143 Å². The first-order chi connectivity index (χ1) is 10.9. The number of hydrogen-bond donors (Lipinski definition) is 2. The molecule has 1 heterocycles. The van der Waals surface area contributed by atoms with Gasteiger partial charge in [0.2, 0.25) is 11.8 Å². The van der Waals surface area contributed by atoms with Crippen LogP contribution in [0.3, 0.4) is 0 Å². The lowest BCUT2D eigenvalue weighted by Gasteiger charge is -2.25. The molecule has 2 atom stereocenters. The highest BCUT2D eigenvalue weighted by atomic mass is 79.9. The topological polar surface area (TPSA) is 86.7 Å². The monoisotopic (exact) mass is 382 g/mol. The molecule has 6 nitrogen and oxygen atoms in total. The number of carboxylic acid groups (broad SMARTS) is 1. The average molecular weight is 383 g/mol. The molecule has 7 heteroatoms. The van der Waals surface area contributed by atoms with Crippen LogP contribution in [-0.2, 0) is 14.4 Å². The van der Waals surface area contributed by atoms with Gasteiger partial charge in [-0.3, -0.25) is 9.59 Å². The lowest BCUT2D eigenvalue weighted by molar-refractivity contribution is -0.148. The van der Waals surface area contributed by atoms with Crippen LogP contribution in [-0.4, -0.2) is 40.4 Å². The summed E-state index contributed by atoms with van der Waals surface area (Å²) in [7, 11) is 0. The lowest BCUT2D eigenvalue weighted by atomic mass is 10.0. The van der Waals surface area contributed by atoms with Crippen molar-refractivity contribution in [2.45, 2.75) is 38.3 Å². The predicted molar refractivity (Wildman–Crippen MR) is 87.7 cm³/mol. The summed E-state index contributed by atoms with van der Waals surface area (Å²) < 4.78 is 0.902. The highest BCUT2D eigenvalue weighted by Crippen LogP contribution is 2.24. The number of benzene rings is 1. The van der Waals surface area contributed by atoms with Crippen molar-refractivity contribution in [3.8, 4) is 0 Å². The van der Waals surface area contributed by atoms with Gasteiger partial charge in [-0.1, -0.05) is 28.1 Å². The van der Waals surface area contributed by atoms with Crippen molar-refractivity contribution in [3.63, 3.8) is 0 Å². The standard InChI is InChI=1S/C16H19BrN2O4/c1-10(20)18-13(11-4-6-12(17)7-5-11)9-15(21)19-8-2-3-14(19)16(22)23/h4-7,13-14H,2-3,8-9H2,1H3,(H,18,20)(H,22,23)/t13-,14-/m1/s1. The molecule has 1 aliphatic rings. The molecule has 0 saturated carbocycles. The molecule has 23 heavy (non-hydrogen) atoms. The summed E-state index contributed by atoms with van der Waals surface area (Å²) in [5, 5.41) is 12.0. The van der Waals surface area contributed by atoms with Crippen molar-refractivity contribution in [1.29, 1.82) is 0 Å². The Morgan fingerprint density at radius 3 is 2.57 bits per heavy atom. The summed E-state index contributed by atoms with van der Waals surface area (Å²) in [5.74, 6) is -1.46. The molecule has 0 bridgehead atoms. The van der Waals surface area contributed by atoms with Crippen LogP contribution in [0.5, 0.6) is 0 Å². The van der Waals surface area contributed by atoms with Crippen LogP contribution < -0.4 is 5.32 Å². The zero-order valence-electron chi connectivity index (χ0n) is 12.8. The number of rotatable bonds is 5. The number of amides is 2. The maximum Gasteiger partial charge on any atom is 0.326 e. The van der Waals surface area contributed by atoms with Gasteiger partial charge in [-0.25, -0.2) is 4.79 Å². The van der Waals surface area contributed by atoms with E-state index in [0.717, 1.165) is 10.0 Å². The zero-order chi connectivity index (χ0) is 17.0. The van der Waals surface area contributed by atoms with Crippen LogP contribution in [0.1, 0.15) is 37.8 Å². The minimum atomic E-state index is -0.976. The molecule has 0 radical (unpaired) electrons. The fourth-order valence-electron chi connectivity index (χ4n) is 2.81. The van der Waals surface area contributed by atoms with Gasteiger partial charge in [-0.15, -0.1) is 0 Å². The van der Waals surface area contributed by atoms with E-state index in [-0.39, 0.29) is 18.2 Å². The van der Waals surface area contributed by atoms with E-state index in [4.69, 9.17) is 0 Å². The second-order valence-electron chi connectivity index (χ2n) is 5.59. The highest BCUT2D eigenvalue weighted by Gasteiger charge is 2.34. The average Bonchev–Trinajstić information content (AvgIpc) is 2.96. The summed E-state index contributed by atoms with van der Waals surface area (Å²) in [5.41, 5.74) is 0.808. The minimum Gasteiger partial charge on any atom is -0.480 e.